The molecule has 4 nitrogen and oxygen atoms in total. The number of halogens is 2. The van der Waals surface area contributed by atoms with Crippen LogP contribution in [0.2, 0.25) is 10.2 Å². The Hall–Kier alpha value is -1.65. The molecule has 0 saturated carbocycles. The number of carbonyl (C=O) groups excluding carboxylic acids is 1. The number of aromatic hydroxyl groups is 1. The largest absolute Gasteiger partial charge is 0.508 e. The van der Waals surface area contributed by atoms with Crippen LogP contribution in [0, 0.1) is 0 Å². The highest BCUT2D eigenvalue weighted by Crippen LogP contribution is 2.23. The van der Waals surface area contributed by atoms with Gasteiger partial charge in [-0.3, -0.25) is 4.79 Å². The number of rotatable bonds is 2. The molecule has 0 bridgehead atoms. The number of carbonyl (C=O) groups is 1. The summed E-state index contributed by atoms with van der Waals surface area (Å²) in [5.41, 5.74) is 0.736. The van der Waals surface area contributed by atoms with Gasteiger partial charge < -0.3 is 15.4 Å². The Labute approximate surface area is 107 Å². The third-order valence-corrected chi connectivity index (χ3v) is 2.77. The second-order valence-electron chi connectivity index (χ2n) is 3.35. The Kier molecular flexibility index (Phi) is 3.26. The van der Waals surface area contributed by atoms with Crippen molar-refractivity contribution in [3.63, 3.8) is 0 Å². The number of aromatic nitrogens is 1. The van der Waals surface area contributed by atoms with Gasteiger partial charge in [0.25, 0.3) is 5.91 Å². The lowest BCUT2D eigenvalue weighted by atomic mass is 10.3. The van der Waals surface area contributed by atoms with Crippen molar-refractivity contribution in [1.82, 2.24) is 4.98 Å². The van der Waals surface area contributed by atoms with Gasteiger partial charge in [0.05, 0.1) is 5.02 Å². The molecule has 0 atom stereocenters. The Morgan fingerprint density at radius 3 is 2.65 bits per heavy atom. The maximum absolute atomic E-state index is 11.7. The number of benzene rings is 1. The average Bonchev–Trinajstić information content (AvgIpc) is 2.59. The zero-order chi connectivity index (χ0) is 12.4. The summed E-state index contributed by atoms with van der Waals surface area (Å²) in [5.74, 6) is -0.310. The number of amides is 1. The predicted molar refractivity (Wildman–Crippen MR) is 66.9 cm³/mol. The van der Waals surface area contributed by atoms with Crippen LogP contribution < -0.4 is 5.32 Å². The van der Waals surface area contributed by atoms with E-state index in [9.17, 15) is 9.90 Å². The molecular formula is C11H8Cl2N2O2. The second-order valence-corrected chi connectivity index (χ2v) is 4.13. The van der Waals surface area contributed by atoms with Gasteiger partial charge in [0, 0.05) is 11.8 Å². The maximum atomic E-state index is 11.7. The van der Waals surface area contributed by atoms with Gasteiger partial charge in [-0.25, -0.2) is 0 Å². The average molecular weight is 271 g/mol. The summed E-state index contributed by atoms with van der Waals surface area (Å²) in [4.78, 5) is 14.4. The van der Waals surface area contributed by atoms with E-state index in [4.69, 9.17) is 23.2 Å². The first-order chi connectivity index (χ1) is 8.06. The lowest BCUT2D eigenvalue weighted by Gasteiger charge is -2.03. The highest BCUT2D eigenvalue weighted by atomic mass is 35.5. The number of hydrogen-bond donors (Lipinski definition) is 3. The van der Waals surface area contributed by atoms with Gasteiger partial charge >= 0.3 is 0 Å². The van der Waals surface area contributed by atoms with E-state index in [1.807, 2.05) is 0 Å². The highest BCUT2D eigenvalue weighted by molar-refractivity contribution is 6.41. The molecular weight excluding hydrogens is 263 g/mol. The third-order valence-electron chi connectivity index (χ3n) is 2.07. The van der Waals surface area contributed by atoms with Crippen molar-refractivity contribution in [1.29, 1.82) is 0 Å². The number of hydrogen-bond acceptors (Lipinski definition) is 2. The second kappa shape index (κ2) is 4.69. The standard InChI is InChI=1S/C11H8Cl2N2O2/c12-8-5-9(15-10(8)13)11(17)14-6-2-1-3-7(16)4-6/h1-5,15-16H,(H,14,17). The summed E-state index contributed by atoms with van der Waals surface area (Å²) >= 11 is 11.4. The van der Waals surface area contributed by atoms with Crippen LogP contribution in [-0.2, 0) is 0 Å². The minimum Gasteiger partial charge on any atom is -0.508 e. The minimum absolute atomic E-state index is 0.0744. The van der Waals surface area contributed by atoms with E-state index in [-0.39, 0.29) is 27.5 Å². The fourth-order valence-electron chi connectivity index (χ4n) is 1.31. The van der Waals surface area contributed by atoms with E-state index < -0.39 is 0 Å². The van der Waals surface area contributed by atoms with E-state index >= 15 is 0 Å². The van der Waals surface area contributed by atoms with Crippen LogP contribution in [0.25, 0.3) is 0 Å². The number of phenols is 1. The van der Waals surface area contributed by atoms with Crippen molar-refractivity contribution >= 4 is 34.8 Å². The molecule has 2 rings (SSSR count). The molecule has 17 heavy (non-hydrogen) atoms. The van der Waals surface area contributed by atoms with E-state index in [1.165, 1.54) is 18.2 Å². The Bertz CT molecular complexity index is 547. The number of nitrogens with one attached hydrogen (secondary N) is 2. The molecule has 6 heteroatoms. The first-order valence-corrected chi connectivity index (χ1v) is 5.46. The smallest absolute Gasteiger partial charge is 0.272 e. The van der Waals surface area contributed by atoms with Crippen LogP contribution in [0.3, 0.4) is 0 Å². The van der Waals surface area contributed by atoms with Crippen molar-refractivity contribution in [3.05, 3.63) is 46.2 Å². The van der Waals surface area contributed by atoms with Gasteiger partial charge in [-0.05, 0) is 18.2 Å². The Morgan fingerprint density at radius 1 is 1.29 bits per heavy atom. The van der Waals surface area contributed by atoms with Gasteiger partial charge in [0.1, 0.15) is 16.6 Å². The Morgan fingerprint density at radius 2 is 2.06 bits per heavy atom. The van der Waals surface area contributed by atoms with E-state index in [1.54, 1.807) is 12.1 Å². The number of anilines is 1. The number of H-pyrrole nitrogens is 1. The van der Waals surface area contributed by atoms with Crippen LogP contribution in [0.1, 0.15) is 10.5 Å². The van der Waals surface area contributed by atoms with Gasteiger partial charge in [-0.1, -0.05) is 29.3 Å². The van der Waals surface area contributed by atoms with E-state index in [0.29, 0.717) is 5.69 Å². The van der Waals surface area contributed by atoms with Crippen LogP contribution in [0.4, 0.5) is 5.69 Å². The molecule has 1 heterocycles. The van der Waals surface area contributed by atoms with Crippen molar-refractivity contribution in [2.45, 2.75) is 0 Å². The molecule has 1 amide bonds. The molecule has 0 fully saturated rings. The first kappa shape index (κ1) is 11.8. The summed E-state index contributed by atoms with van der Waals surface area (Å²) in [6.45, 7) is 0. The molecule has 0 saturated heterocycles. The minimum atomic E-state index is -0.385. The molecule has 0 spiro atoms. The molecule has 0 aliphatic carbocycles. The number of aromatic amines is 1. The monoisotopic (exact) mass is 270 g/mol. The zero-order valence-electron chi connectivity index (χ0n) is 8.50. The lowest BCUT2D eigenvalue weighted by Crippen LogP contribution is -2.11. The van der Waals surface area contributed by atoms with Crippen LogP contribution in [-0.4, -0.2) is 16.0 Å². The van der Waals surface area contributed by atoms with E-state index in [2.05, 4.69) is 10.3 Å². The van der Waals surface area contributed by atoms with Crippen molar-refractivity contribution in [2.24, 2.45) is 0 Å². The van der Waals surface area contributed by atoms with Gasteiger partial charge in [0.15, 0.2) is 0 Å². The zero-order valence-corrected chi connectivity index (χ0v) is 10.0. The van der Waals surface area contributed by atoms with Crippen molar-refractivity contribution < 1.29 is 9.90 Å². The lowest BCUT2D eigenvalue weighted by molar-refractivity contribution is 0.102. The predicted octanol–water partition coefficient (Wildman–Crippen LogP) is 3.28. The summed E-state index contributed by atoms with van der Waals surface area (Å²) in [6.07, 6.45) is 0. The summed E-state index contributed by atoms with van der Waals surface area (Å²) in [6, 6.07) is 7.66. The molecule has 0 unspecified atom stereocenters. The third kappa shape index (κ3) is 2.72. The molecule has 2 aromatic rings. The van der Waals surface area contributed by atoms with Crippen molar-refractivity contribution in [2.75, 3.05) is 5.32 Å². The van der Waals surface area contributed by atoms with Crippen LogP contribution in [0.15, 0.2) is 30.3 Å². The molecule has 0 aliphatic heterocycles. The first-order valence-electron chi connectivity index (χ1n) is 4.70. The SMILES string of the molecule is O=C(Nc1cccc(O)c1)c1cc(Cl)c(Cl)[nH]1. The molecule has 1 aromatic heterocycles. The fourth-order valence-corrected chi connectivity index (χ4v) is 1.62. The molecule has 0 aliphatic rings. The molecule has 3 N–H and O–H groups in total. The molecule has 1 aromatic carbocycles. The fraction of sp³-hybridized carbons (Fsp3) is 0. The molecule has 0 radical (unpaired) electrons. The normalized spacial score (nSPS) is 10.2. The van der Waals surface area contributed by atoms with Crippen LogP contribution in [0.5, 0.6) is 5.75 Å². The van der Waals surface area contributed by atoms with Gasteiger partial charge in [-0.2, -0.15) is 0 Å². The van der Waals surface area contributed by atoms with Gasteiger partial charge in [-0.15, -0.1) is 0 Å². The highest BCUT2D eigenvalue weighted by Gasteiger charge is 2.11. The summed E-state index contributed by atoms with van der Waals surface area (Å²) in [7, 11) is 0. The van der Waals surface area contributed by atoms with Crippen LogP contribution >= 0.6 is 23.2 Å². The summed E-state index contributed by atoms with van der Waals surface area (Å²) in [5, 5.41) is 12.3. The quantitative estimate of drug-likeness (QED) is 0.784. The Balaban J connectivity index is 2.17. The maximum Gasteiger partial charge on any atom is 0.272 e. The summed E-state index contributed by atoms with van der Waals surface area (Å²) < 4.78 is 0. The van der Waals surface area contributed by atoms with Gasteiger partial charge in [0.2, 0.25) is 0 Å². The van der Waals surface area contributed by atoms with E-state index in [0.717, 1.165) is 0 Å². The topological polar surface area (TPSA) is 65.1 Å². The van der Waals surface area contributed by atoms with Crippen molar-refractivity contribution in [3.8, 4) is 5.75 Å². The molecule has 88 valence electrons. The number of phenolic OH excluding ortho intramolecular Hbond substituents is 1.